The van der Waals surface area contributed by atoms with Gasteiger partial charge in [-0.1, -0.05) is 13.8 Å². The average molecular weight is 181 g/mol. The zero-order chi connectivity index (χ0) is 9.07. The van der Waals surface area contributed by atoms with Crippen LogP contribution in [0.25, 0.3) is 0 Å². The Bertz CT molecular complexity index is 160. The zero-order valence-corrected chi connectivity index (χ0v) is 8.04. The van der Waals surface area contributed by atoms with Gasteiger partial charge in [0.2, 0.25) is 0 Å². The van der Waals surface area contributed by atoms with E-state index in [-0.39, 0.29) is 0 Å². The molecule has 68 valence electrons. The van der Waals surface area contributed by atoms with Crippen LogP contribution in [0.3, 0.4) is 0 Å². The summed E-state index contributed by atoms with van der Waals surface area (Å²) in [5.41, 5.74) is 5.42. The van der Waals surface area contributed by atoms with Crippen LogP contribution in [-0.2, 0) is 9.09 Å². The highest BCUT2D eigenvalue weighted by Crippen LogP contribution is 2.46. The lowest BCUT2D eigenvalue weighted by Crippen LogP contribution is -2.22. The van der Waals surface area contributed by atoms with Gasteiger partial charge in [-0.2, -0.15) is 0 Å². The van der Waals surface area contributed by atoms with Gasteiger partial charge in [-0.3, -0.25) is 4.57 Å². The molecule has 5 heteroatoms. The summed E-state index contributed by atoms with van der Waals surface area (Å²) in [6.07, 6.45) is 0.502. The lowest BCUT2D eigenvalue weighted by Gasteiger charge is -2.18. The quantitative estimate of drug-likeness (QED) is 0.638. The molecule has 0 aromatic rings. The lowest BCUT2D eigenvalue weighted by molar-refractivity contribution is 0.298. The average Bonchev–Trinajstić information content (AvgIpc) is 1.86. The maximum absolute atomic E-state index is 11.0. The summed E-state index contributed by atoms with van der Waals surface area (Å²) < 4.78 is 15.4. The van der Waals surface area contributed by atoms with Crippen molar-refractivity contribution in [3.05, 3.63) is 0 Å². The standard InChI is InChI=1S/C6H16NO3P/c1-5(2)4-6(7)11(8,9)10-3/h5-6H,4,7H2,1-3H3,(H,8,9). The van der Waals surface area contributed by atoms with Gasteiger partial charge in [-0.25, -0.2) is 0 Å². The minimum atomic E-state index is -3.54. The molecule has 0 saturated heterocycles. The van der Waals surface area contributed by atoms with Crippen molar-refractivity contribution in [1.82, 2.24) is 0 Å². The SMILES string of the molecule is COP(=O)(O)C(N)CC(C)C. The van der Waals surface area contributed by atoms with Crippen molar-refractivity contribution in [2.24, 2.45) is 11.7 Å². The predicted molar refractivity (Wildman–Crippen MR) is 44.3 cm³/mol. The largest absolute Gasteiger partial charge is 0.344 e. The molecule has 0 aliphatic carbocycles. The van der Waals surface area contributed by atoms with Gasteiger partial charge in [-0.05, 0) is 12.3 Å². The third-order valence-corrected chi connectivity index (χ3v) is 2.97. The first-order valence-electron chi connectivity index (χ1n) is 3.54. The Morgan fingerprint density at radius 1 is 1.64 bits per heavy atom. The fraction of sp³-hybridized carbons (Fsp3) is 1.00. The second-order valence-electron chi connectivity index (χ2n) is 2.94. The van der Waals surface area contributed by atoms with Crippen molar-refractivity contribution in [2.45, 2.75) is 26.1 Å². The highest BCUT2D eigenvalue weighted by Gasteiger charge is 2.27. The van der Waals surface area contributed by atoms with Crippen molar-refractivity contribution in [1.29, 1.82) is 0 Å². The number of nitrogens with two attached hydrogens (primary N) is 1. The summed E-state index contributed by atoms with van der Waals surface area (Å²) in [5, 5.41) is 0. The first kappa shape index (κ1) is 11.1. The summed E-state index contributed by atoms with van der Waals surface area (Å²) in [7, 11) is -2.35. The van der Waals surface area contributed by atoms with Crippen molar-refractivity contribution >= 4 is 7.60 Å². The Balaban J connectivity index is 4.02. The lowest BCUT2D eigenvalue weighted by atomic mass is 10.1. The van der Waals surface area contributed by atoms with Gasteiger partial charge in [0.15, 0.2) is 0 Å². The minimum Gasteiger partial charge on any atom is -0.323 e. The van der Waals surface area contributed by atoms with E-state index in [1.807, 2.05) is 13.8 Å². The number of rotatable bonds is 4. The molecule has 2 unspecified atom stereocenters. The Hall–Kier alpha value is 0.110. The summed E-state index contributed by atoms with van der Waals surface area (Å²) in [6, 6.07) is 0. The Labute approximate surface area is 67.3 Å². The minimum absolute atomic E-state index is 0.306. The van der Waals surface area contributed by atoms with Gasteiger partial charge in [0, 0.05) is 7.11 Å². The van der Waals surface area contributed by atoms with Crippen LogP contribution in [0.15, 0.2) is 0 Å². The maximum atomic E-state index is 11.0. The van der Waals surface area contributed by atoms with Crippen LogP contribution in [-0.4, -0.2) is 17.8 Å². The molecule has 0 saturated carbocycles. The third kappa shape index (κ3) is 3.87. The molecule has 0 aromatic heterocycles. The van der Waals surface area contributed by atoms with Gasteiger partial charge < -0.3 is 15.2 Å². The van der Waals surface area contributed by atoms with Gasteiger partial charge in [0.05, 0.1) is 0 Å². The molecular weight excluding hydrogens is 165 g/mol. The molecule has 0 bridgehead atoms. The number of hydrogen-bond donors (Lipinski definition) is 2. The molecule has 0 radical (unpaired) electrons. The van der Waals surface area contributed by atoms with E-state index in [4.69, 9.17) is 10.6 Å². The van der Waals surface area contributed by atoms with Crippen molar-refractivity contribution in [2.75, 3.05) is 7.11 Å². The molecular formula is C6H16NO3P. The summed E-state index contributed by atoms with van der Waals surface area (Å²) in [4.78, 5) is 9.05. The zero-order valence-electron chi connectivity index (χ0n) is 7.15. The van der Waals surface area contributed by atoms with Gasteiger partial charge in [-0.15, -0.1) is 0 Å². The fourth-order valence-corrected chi connectivity index (χ4v) is 1.71. The van der Waals surface area contributed by atoms with Crippen molar-refractivity contribution in [3.63, 3.8) is 0 Å². The molecule has 0 spiro atoms. The Morgan fingerprint density at radius 3 is 2.36 bits per heavy atom. The smallest absolute Gasteiger partial charge is 0.323 e. The highest BCUT2D eigenvalue weighted by atomic mass is 31.2. The summed E-state index contributed by atoms with van der Waals surface area (Å²) >= 11 is 0. The molecule has 3 N–H and O–H groups in total. The van der Waals surface area contributed by atoms with E-state index in [1.165, 1.54) is 7.11 Å². The molecule has 0 fully saturated rings. The van der Waals surface area contributed by atoms with Crippen molar-refractivity contribution in [3.8, 4) is 0 Å². The second-order valence-corrected chi connectivity index (χ2v) is 5.10. The molecule has 0 aliphatic heterocycles. The van der Waals surface area contributed by atoms with Gasteiger partial charge in [0.1, 0.15) is 5.78 Å². The van der Waals surface area contributed by atoms with Crippen LogP contribution in [0.1, 0.15) is 20.3 Å². The third-order valence-electron chi connectivity index (χ3n) is 1.39. The molecule has 0 amide bonds. The summed E-state index contributed by atoms with van der Waals surface area (Å²) in [5.74, 6) is -0.451. The molecule has 0 heterocycles. The van der Waals surface area contributed by atoms with Gasteiger partial charge >= 0.3 is 7.60 Å². The Morgan fingerprint density at radius 2 is 2.09 bits per heavy atom. The van der Waals surface area contributed by atoms with E-state index in [9.17, 15) is 4.57 Å². The predicted octanol–water partition coefficient (Wildman–Crippen LogP) is 1.15. The van der Waals surface area contributed by atoms with E-state index in [0.29, 0.717) is 12.3 Å². The van der Waals surface area contributed by atoms with Crippen LogP contribution in [0.4, 0.5) is 0 Å². The monoisotopic (exact) mass is 181 g/mol. The normalized spacial score (nSPS) is 19.8. The molecule has 0 rings (SSSR count). The topological polar surface area (TPSA) is 72.5 Å². The fourth-order valence-electron chi connectivity index (χ4n) is 0.752. The van der Waals surface area contributed by atoms with Gasteiger partial charge in [0.25, 0.3) is 0 Å². The molecule has 0 aliphatic rings. The maximum Gasteiger partial charge on any atom is 0.344 e. The van der Waals surface area contributed by atoms with E-state index >= 15 is 0 Å². The first-order valence-corrected chi connectivity index (χ1v) is 5.18. The molecule has 2 atom stereocenters. The second kappa shape index (κ2) is 4.21. The first-order chi connectivity index (χ1) is 4.90. The number of hydrogen-bond acceptors (Lipinski definition) is 3. The summed E-state index contributed by atoms with van der Waals surface area (Å²) in [6.45, 7) is 3.88. The van der Waals surface area contributed by atoms with E-state index < -0.39 is 13.4 Å². The molecule has 0 aromatic carbocycles. The Kier molecular flexibility index (Phi) is 4.26. The van der Waals surface area contributed by atoms with E-state index in [0.717, 1.165) is 0 Å². The van der Waals surface area contributed by atoms with E-state index in [2.05, 4.69) is 4.52 Å². The van der Waals surface area contributed by atoms with Crippen LogP contribution in [0.5, 0.6) is 0 Å². The molecule has 4 nitrogen and oxygen atoms in total. The van der Waals surface area contributed by atoms with Crippen LogP contribution in [0, 0.1) is 5.92 Å². The van der Waals surface area contributed by atoms with Crippen molar-refractivity contribution < 1.29 is 14.0 Å². The van der Waals surface area contributed by atoms with Crippen LogP contribution >= 0.6 is 7.60 Å². The van der Waals surface area contributed by atoms with E-state index in [1.54, 1.807) is 0 Å². The van der Waals surface area contributed by atoms with Crippen LogP contribution in [0.2, 0.25) is 0 Å². The molecule has 11 heavy (non-hydrogen) atoms. The highest BCUT2D eigenvalue weighted by molar-refractivity contribution is 7.53. The van der Waals surface area contributed by atoms with Crippen LogP contribution < -0.4 is 5.73 Å².